The topological polar surface area (TPSA) is 80.0 Å². The third-order valence-corrected chi connectivity index (χ3v) is 3.85. The quantitative estimate of drug-likeness (QED) is 0.666. The van der Waals surface area contributed by atoms with Gasteiger partial charge in [-0.1, -0.05) is 30.3 Å². The highest BCUT2D eigenvalue weighted by molar-refractivity contribution is 5.94. The number of aryl methyl sites for hydroxylation is 1. The largest absolute Gasteiger partial charge is 0.384 e. The molecule has 0 saturated carbocycles. The van der Waals surface area contributed by atoms with Crippen molar-refractivity contribution in [2.45, 2.75) is 13.5 Å². The summed E-state index contributed by atoms with van der Waals surface area (Å²) in [5.74, 6) is 0.417. The smallest absolute Gasteiger partial charge is 0.251 e. The highest BCUT2D eigenvalue weighted by Gasteiger charge is 2.05. The van der Waals surface area contributed by atoms with Crippen molar-refractivity contribution >= 4 is 23.1 Å². The summed E-state index contributed by atoms with van der Waals surface area (Å²) >= 11 is 0. The van der Waals surface area contributed by atoms with Gasteiger partial charge in [0.2, 0.25) is 0 Å². The van der Waals surface area contributed by atoms with Crippen molar-refractivity contribution < 1.29 is 4.79 Å². The van der Waals surface area contributed by atoms with Gasteiger partial charge in [0.05, 0.1) is 11.9 Å². The summed E-state index contributed by atoms with van der Waals surface area (Å²) in [6.07, 6.45) is 1.70. The minimum absolute atomic E-state index is 0.0756. The molecule has 5 nitrogen and oxygen atoms in total. The maximum Gasteiger partial charge on any atom is 0.251 e. The third kappa shape index (κ3) is 4.35. The predicted octanol–water partition coefficient (Wildman–Crippen LogP) is 3.65. The fourth-order valence-electron chi connectivity index (χ4n) is 2.48. The molecule has 0 radical (unpaired) electrons. The van der Waals surface area contributed by atoms with Crippen LogP contribution in [-0.2, 0) is 6.54 Å². The van der Waals surface area contributed by atoms with Crippen molar-refractivity contribution in [3.05, 3.63) is 83.6 Å². The zero-order chi connectivity index (χ0) is 17.6. The van der Waals surface area contributed by atoms with E-state index in [-0.39, 0.29) is 5.91 Å². The van der Waals surface area contributed by atoms with Crippen molar-refractivity contribution in [2.24, 2.45) is 0 Å². The van der Waals surface area contributed by atoms with Crippen molar-refractivity contribution in [2.75, 3.05) is 11.1 Å². The van der Waals surface area contributed by atoms with Crippen LogP contribution in [0.1, 0.15) is 21.5 Å². The molecule has 3 rings (SSSR count). The van der Waals surface area contributed by atoms with Crippen LogP contribution in [0.25, 0.3) is 0 Å². The molecule has 0 saturated heterocycles. The molecule has 0 unspecified atom stereocenters. The molecular formula is C20H20N4O. The van der Waals surface area contributed by atoms with Crippen molar-refractivity contribution in [1.29, 1.82) is 0 Å². The van der Waals surface area contributed by atoms with Crippen molar-refractivity contribution in [1.82, 2.24) is 10.3 Å². The summed E-state index contributed by atoms with van der Waals surface area (Å²) in [6, 6.07) is 18.9. The summed E-state index contributed by atoms with van der Waals surface area (Å²) in [6.45, 7) is 2.51. The van der Waals surface area contributed by atoms with Gasteiger partial charge < -0.3 is 16.4 Å². The van der Waals surface area contributed by atoms with E-state index in [1.807, 2.05) is 43.3 Å². The summed E-state index contributed by atoms with van der Waals surface area (Å²) < 4.78 is 0. The molecule has 1 heterocycles. The fourth-order valence-corrected chi connectivity index (χ4v) is 2.48. The normalized spacial score (nSPS) is 10.3. The van der Waals surface area contributed by atoms with E-state index in [2.05, 4.69) is 21.7 Å². The number of anilines is 3. The van der Waals surface area contributed by atoms with Crippen LogP contribution in [0.15, 0.2) is 66.9 Å². The van der Waals surface area contributed by atoms with Gasteiger partial charge in [-0.2, -0.15) is 0 Å². The molecule has 0 aliphatic rings. The second-order valence-electron chi connectivity index (χ2n) is 5.79. The Bertz CT molecular complexity index is 861. The van der Waals surface area contributed by atoms with Gasteiger partial charge in [0, 0.05) is 17.8 Å². The lowest BCUT2D eigenvalue weighted by Gasteiger charge is -2.12. The van der Waals surface area contributed by atoms with Gasteiger partial charge in [0.1, 0.15) is 5.82 Å². The van der Waals surface area contributed by atoms with Gasteiger partial charge >= 0.3 is 0 Å². The Kier molecular flexibility index (Phi) is 4.95. The van der Waals surface area contributed by atoms with Gasteiger partial charge in [-0.3, -0.25) is 4.79 Å². The zero-order valence-electron chi connectivity index (χ0n) is 14.0. The van der Waals surface area contributed by atoms with E-state index in [0.717, 1.165) is 22.5 Å². The minimum Gasteiger partial charge on any atom is -0.384 e. The van der Waals surface area contributed by atoms with E-state index in [0.29, 0.717) is 17.9 Å². The number of rotatable bonds is 5. The molecule has 0 aliphatic heterocycles. The molecule has 2 aromatic carbocycles. The number of nitrogens with zero attached hydrogens (tertiary/aromatic N) is 1. The van der Waals surface area contributed by atoms with E-state index >= 15 is 0 Å². The number of nitrogen functional groups attached to an aromatic ring is 1. The molecule has 0 fully saturated rings. The maximum atomic E-state index is 12.1. The van der Waals surface area contributed by atoms with Crippen molar-refractivity contribution in [3.8, 4) is 0 Å². The molecule has 1 amide bonds. The Labute approximate surface area is 146 Å². The molecular weight excluding hydrogens is 312 g/mol. The average molecular weight is 332 g/mol. The second kappa shape index (κ2) is 7.49. The number of nitrogens with one attached hydrogen (secondary N) is 2. The molecule has 0 bridgehead atoms. The second-order valence-corrected chi connectivity index (χ2v) is 5.79. The van der Waals surface area contributed by atoms with Crippen LogP contribution in [0.5, 0.6) is 0 Å². The van der Waals surface area contributed by atoms with Gasteiger partial charge in [-0.25, -0.2) is 4.98 Å². The summed E-state index contributed by atoms with van der Waals surface area (Å²) in [7, 11) is 0. The van der Waals surface area contributed by atoms with Gasteiger partial charge in [0.15, 0.2) is 0 Å². The maximum absolute atomic E-state index is 12.1. The monoisotopic (exact) mass is 332 g/mol. The van der Waals surface area contributed by atoms with E-state index < -0.39 is 0 Å². The number of aromatic nitrogens is 1. The van der Waals surface area contributed by atoms with Gasteiger partial charge in [0.25, 0.3) is 5.91 Å². The van der Waals surface area contributed by atoms with Gasteiger partial charge in [-0.05, 0) is 48.4 Å². The molecule has 4 N–H and O–H groups in total. The minimum atomic E-state index is -0.0756. The third-order valence-electron chi connectivity index (χ3n) is 3.85. The predicted molar refractivity (Wildman–Crippen MR) is 101 cm³/mol. The van der Waals surface area contributed by atoms with Crippen LogP contribution in [0, 0.1) is 6.92 Å². The molecule has 1 aromatic heterocycles. The molecule has 0 aliphatic carbocycles. The lowest BCUT2D eigenvalue weighted by molar-refractivity contribution is 0.0951. The molecule has 126 valence electrons. The molecule has 3 aromatic rings. The first-order valence-corrected chi connectivity index (χ1v) is 8.03. The first kappa shape index (κ1) is 16.5. The lowest BCUT2D eigenvalue weighted by Crippen LogP contribution is -2.22. The number of benzene rings is 2. The van der Waals surface area contributed by atoms with E-state index in [9.17, 15) is 4.79 Å². The van der Waals surface area contributed by atoms with Crippen molar-refractivity contribution in [3.63, 3.8) is 0 Å². The number of hydrogen-bond donors (Lipinski definition) is 3. The number of carbonyl (C=O) groups excluding carboxylic acids is 1. The lowest BCUT2D eigenvalue weighted by atomic mass is 10.1. The zero-order valence-corrected chi connectivity index (χ0v) is 14.0. The summed E-state index contributed by atoms with van der Waals surface area (Å²) in [4.78, 5) is 16.2. The molecule has 5 heteroatoms. The van der Waals surface area contributed by atoms with E-state index in [1.165, 1.54) is 0 Å². The number of carbonyl (C=O) groups is 1. The van der Waals surface area contributed by atoms with E-state index in [1.54, 1.807) is 24.4 Å². The number of pyridine rings is 1. The Morgan fingerprint density at radius 3 is 2.56 bits per heavy atom. The number of nitrogens with two attached hydrogens (primary N) is 1. The average Bonchev–Trinajstić information content (AvgIpc) is 2.64. The Morgan fingerprint density at radius 1 is 1.08 bits per heavy atom. The SMILES string of the molecule is Cc1cc(CNC(=O)c2ccccc2)ccc1Nc1ccc(N)nc1. The number of hydrogen-bond acceptors (Lipinski definition) is 4. The van der Waals surface area contributed by atoms with Gasteiger partial charge in [-0.15, -0.1) is 0 Å². The molecule has 0 atom stereocenters. The first-order chi connectivity index (χ1) is 12.1. The molecule has 0 spiro atoms. The van der Waals surface area contributed by atoms with Crippen LogP contribution in [0.2, 0.25) is 0 Å². The Hall–Kier alpha value is -3.34. The van der Waals surface area contributed by atoms with Crippen LogP contribution < -0.4 is 16.4 Å². The fraction of sp³-hybridized carbons (Fsp3) is 0.100. The van der Waals surface area contributed by atoms with Crippen LogP contribution in [0.3, 0.4) is 0 Å². The first-order valence-electron chi connectivity index (χ1n) is 8.03. The van der Waals surface area contributed by atoms with Crippen LogP contribution in [0.4, 0.5) is 17.2 Å². The summed E-state index contributed by atoms with van der Waals surface area (Å²) in [5.41, 5.74) is 10.3. The van der Waals surface area contributed by atoms with Crippen LogP contribution in [-0.4, -0.2) is 10.9 Å². The Balaban J connectivity index is 1.63. The Morgan fingerprint density at radius 2 is 1.88 bits per heavy atom. The highest BCUT2D eigenvalue weighted by atomic mass is 16.1. The summed E-state index contributed by atoms with van der Waals surface area (Å²) in [5, 5.41) is 6.25. The highest BCUT2D eigenvalue weighted by Crippen LogP contribution is 2.21. The molecule has 25 heavy (non-hydrogen) atoms. The van der Waals surface area contributed by atoms with E-state index in [4.69, 9.17) is 5.73 Å². The van der Waals surface area contributed by atoms with Crippen LogP contribution >= 0.6 is 0 Å². The standard InChI is InChI=1S/C20H20N4O/c1-14-11-15(12-23-20(25)16-5-3-2-4-6-16)7-9-18(14)24-17-8-10-19(21)22-13-17/h2-11,13,24H,12H2,1H3,(H2,21,22)(H,23,25). The number of amides is 1.